The number of amides is 3. The molecule has 3 amide bonds. The van der Waals surface area contributed by atoms with Crippen molar-refractivity contribution in [3.63, 3.8) is 0 Å². The van der Waals surface area contributed by atoms with E-state index in [1.165, 1.54) is 12.3 Å². The number of hydroxylamine groups is 2. The molecule has 2 saturated heterocycles. The van der Waals surface area contributed by atoms with Gasteiger partial charge in [-0.1, -0.05) is 18.2 Å². The summed E-state index contributed by atoms with van der Waals surface area (Å²) in [6, 6.07) is 11.2. The third kappa shape index (κ3) is 8.94. The Kier molecular flexibility index (Phi) is 10.9. The monoisotopic (exact) mass is 655 g/mol. The Labute approximate surface area is 273 Å². The number of morpholine rings is 1. The molecule has 2 aromatic heterocycles. The van der Waals surface area contributed by atoms with Crippen LogP contribution in [-0.4, -0.2) is 108 Å². The minimum atomic E-state index is -0.648. The number of rotatable bonds is 10. The fourth-order valence-electron chi connectivity index (χ4n) is 5.25. The number of nitrogens with one attached hydrogen (secondary N) is 2. The van der Waals surface area contributed by atoms with E-state index < -0.39 is 41.9 Å². The van der Waals surface area contributed by atoms with Gasteiger partial charge in [-0.2, -0.15) is 9.45 Å². The van der Waals surface area contributed by atoms with Gasteiger partial charge in [0.1, 0.15) is 30.2 Å². The minimum absolute atomic E-state index is 0.123. The zero-order valence-corrected chi connectivity index (χ0v) is 27.3. The number of para-hydroxylation sites is 1. The first kappa shape index (κ1) is 34.0. The lowest BCUT2D eigenvalue weighted by atomic mass is 10.0. The summed E-state index contributed by atoms with van der Waals surface area (Å²) in [5, 5.41) is 12.3. The number of halogens is 1. The van der Waals surface area contributed by atoms with Gasteiger partial charge in [0, 0.05) is 32.9 Å². The molecule has 0 bridgehead atoms. The second-order valence-corrected chi connectivity index (χ2v) is 12.3. The number of methoxy groups -OCH3 is 1. The molecule has 3 atom stereocenters. The molecule has 5 rings (SSSR count). The molecule has 254 valence electrons. The summed E-state index contributed by atoms with van der Waals surface area (Å²) in [5.41, 5.74) is 1.22. The minimum Gasteiger partial charge on any atom is -0.474 e. The van der Waals surface area contributed by atoms with E-state index in [1.807, 2.05) is 51.1 Å². The maximum absolute atomic E-state index is 14.0. The normalized spacial score (nSPS) is 20.2. The molecule has 2 fully saturated rings. The van der Waals surface area contributed by atoms with Gasteiger partial charge in [-0.05, 0) is 57.5 Å². The molecule has 0 saturated carbocycles. The molecule has 3 aromatic rings. The number of aromatic nitrogens is 3. The summed E-state index contributed by atoms with van der Waals surface area (Å²) in [7, 11) is 1.59. The fraction of sp³-hybridized carbons (Fsp3) is 0.500. The highest BCUT2D eigenvalue weighted by Crippen LogP contribution is 2.31. The number of ether oxygens (including phenoxy) is 4. The van der Waals surface area contributed by atoms with Crippen LogP contribution in [0, 0.1) is 12.9 Å². The predicted molar refractivity (Wildman–Crippen MR) is 169 cm³/mol. The van der Waals surface area contributed by atoms with Gasteiger partial charge in [-0.15, -0.1) is 5.10 Å². The van der Waals surface area contributed by atoms with E-state index in [0.717, 1.165) is 0 Å². The Morgan fingerprint density at radius 3 is 2.66 bits per heavy atom. The van der Waals surface area contributed by atoms with Gasteiger partial charge in [0.15, 0.2) is 0 Å². The van der Waals surface area contributed by atoms with Gasteiger partial charge < -0.3 is 29.2 Å². The number of hydrogen-bond donors (Lipinski definition) is 2. The van der Waals surface area contributed by atoms with E-state index in [0.29, 0.717) is 67.9 Å². The van der Waals surface area contributed by atoms with Crippen molar-refractivity contribution in [2.24, 2.45) is 0 Å². The van der Waals surface area contributed by atoms with Crippen LogP contribution in [0.25, 0.3) is 5.69 Å². The molecule has 47 heavy (non-hydrogen) atoms. The summed E-state index contributed by atoms with van der Waals surface area (Å²) >= 11 is 0. The largest absolute Gasteiger partial charge is 0.474 e. The molecule has 1 unspecified atom stereocenters. The Bertz CT molecular complexity index is 1520. The van der Waals surface area contributed by atoms with Crippen LogP contribution < -0.4 is 15.4 Å². The van der Waals surface area contributed by atoms with E-state index in [4.69, 9.17) is 23.8 Å². The second kappa shape index (κ2) is 15.1. The summed E-state index contributed by atoms with van der Waals surface area (Å²) < 4.78 is 38.2. The van der Waals surface area contributed by atoms with Crippen LogP contribution in [0.15, 0.2) is 48.7 Å². The molecule has 0 spiro atoms. The smallest absolute Gasteiger partial charge is 0.410 e. The van der Waals surface area contributed by atoms with Crippen molar-refractivity contribution in [1.29, 1.82) is 0 Å². The molecular weight excluding hydrogens is 613 g/mol. The maximum atomic E-state index is 14.0. The first-order valence-corrected chi connectivity index (χ1v) is 15.5. The molecule has 2 aliphatic heterocycles. The van der Waals surface area contributed by atoms with Crippen molar-refractivity contribution >= 4 is 17.9 Å². The van der Waals surface area contributed by atoms with Crippen LogP contribution in [0.4, 0.5) is 19.8 Å². The first-order valence-electron chi connectivity index (χ1n) is 15.5. The third-order valence-electron chi connectivity index (χ3n) is 7.48. The Morgan fingerprint density at radius 1 is 1.15 bits per heavy atom. The Morgan fingerprint density at radius 2 is 1.94 bits per heavy atom. The van der Waals surface area contributed by atoms with E-state index in [9.17, 15) is 14.0 Å². The maximum Gasteiger partial charge on any atom is 0.410 e. The van der Waals surface area contributed by atoms with E-state index >= 15 is 0 Å². The average Bonchev–Trinajstić information content (AvgIpc) is 3.58. The number of anilines is 1. The van der Waals surface area contributed by atoms with E-state index in [-0.39, 0.29) is 6.61 Å². The first-order chi connectivity index (χ1) is 22.5. The Balaban J connectivity index is 1.30. The third-order valence-corrected chi connectivity index (χ3v) is 7.48. The van der Waals surface area contributed by atoms with Crippen LogP contribution in [0.2, 0.25) is 0 Å². The molecular formula is C32H42FN7O7. The SMILES string of the molecule is COCCN1C[C@@H](NC(=O)Nc2c(C)c(OCC3CN(C(=O)OC(C)(C)C)CCO3)nn2-c2ccccc2)[C@H](c2ccnc(F)c2)O1. The van der Waals surface area contributed by atoms with Crippen LogP contribution in [0.5, 0.6) is 5.88 Å². The van der Waals surface area contributed by atoms with Gasteiger partial charge in [0.25, 0.3) is 0 Å². The molecule has 0 aliphatic carbocycles. The number of benzene rings is 1. The topological polar surface area (TPSA) is 142 Å². The average molecular weight is 656 g/mol. The van der Waals surface area contributed by atoms with Crippen molar-refractivity contribution in [1.82, 2.24) is 30.0 Å². The standard InChI is InChI=1S/C32H42FN7O7/c1-21-28(36-30(41)35-25-19-39(14-15-43-5)47-27(25)22-11-12-34-26(33)17-22)40(23-9-7-6-8-10-23)37-29(21)45-20-24-18-38(13-16-44-24)31(42)46-32(2,3)4/h6-12,17,24-25,27H,13-16,18-20H2,1-5H3,(H2,35,36,41)/t24?,25-,27+/m1/s1. The summed E-state index contributed by atoms with van der Waals surface area (Å²) in [4.78, 5) is 37.4. The molecule has 0 radical (unpaired) electrons. The molecule has 15 heteroatoms. The lowest BCUT2D eigenvalue weighted by Gasteiger charge is -2.34. The lowest BCUT2D eigenvalue weighted by Crippen LogP contribution is -2.49. The molecule has 14 nitrogen and oxygen atoms in total. The molecule has 2 aliphatic rings. The van der Waals surface area contributed by atoms with Crippen molar-refractivity contribution in [3.8, 4) is 11.6 Å². The molecule has 4 heterocycles. The summed E-state index contributed by atoms with van der Waals surface area (Å²) in [6.07, 6.45) is -0.0983. The van der Waals surface area contributed by atoms with Crippen molar-refractivity contribution < 1.29 is 37.8 Å². The number of hydrogen-bond acceptors (Lipinski definition) is 10. The number of nitrogens with zero attached hydrogens (tertiary/aromatic N) is 5. The highest BCUT2D eigenvalue weighted by Gasteiger charge is 2.37. The van der Waals surface area contributed by atoms with Crippen molar-refractivity contribution in [2.45, 2.75) is 51.5 Å². The quantitative estimate of drug-likeness (QED) is 0.310. The van der Waals surface area contributed by atoms with Gasteiger partial charge in [0.2, 0.25) is 11.8 Å². The number of pyridine rings is 1. The van der Waals surface area contributed by atoms with Gasteiger partial charge in [0.05, 0.1) is 37.1 Å². The number of carbonyl (C=O) groups excluding carboxylic acids is 2. The van der Waals surface area contributed by atoms with Crippen LogP contribution in [-0.2, 0) is 19.0 Å². The zero-order valence-electron chi connectivity index (χ0n) is 27.3. The van der Waals surface area contributed by atoms with Crippen LogP contribution in [0.3, 0.4) is 0 Å². The lowest BCUT2D eigenvalue weighted by molar-refractivity contribution is -0.154. The van der Waals surface area contributed by atoms with Crippen molar-refractivity contribution in [2.75, 3.05) is 58.4 Å². The molecule has 2 N–H and O–H groups in total. The van der Waals surface area contributed by atoms with E-state index in [2.05, 4.69) is 20.7 Å². The summed E-state index contributed by atoms with van der Waals surface area (Å²) in [5.74, 6) is 0.0447. The highest BCUT2D eigenvalue weighted by atomic mass is 19.1. The predicted octanol–water partition coefficient (Wildman–Crippen LogP) is 3.85. The van der Waals surface area contributed by atoms with Gasteiger partial charge >= 0.3 is 12.1 Å². The number of carbonyl (C=O) groups is 2. The fourth-order valence-corrected chi connectivity index (χ4v) is 5.25. The second-order valence-electron chi connectivity index (χ2n) is 12.3. The van der Waals surface area contributed by atoms with E-state index in [1.54, 1.807) is 34.7 Å². The summed E-state index contributed by atoms with van der Waals surface area (Å²) in [6.45, 7) is 9.67. The van der Waals surface area contributed by atoms with Crippen molar-refractivity contribution in [3.05, 3.63) is 65.7 Å². The zero-order chi connectivity index (χ0) is 33.6. The van der Waals surface area contributed by atoms with Crippen LogP contribution >= 0.6 is 0 Å². The molecule has 1 aromatic carbocycles. The van der Waals surface area contributed by atoms with Gasteiger partial charge in [-0.3, -0.25) is 10.2 Å². The number of urea groups is 1. The highest BCUT2D eigenvalue weighted by molar-refractivity contribution is 5.90. The van der Waals surface area contributed by atoms with Crippen LogP contribution in [0.1, 0.15) is 38.0 Å². The van der Waals surface area contributed by atoms with Gasteiger partial charge in [-0.25, -0.2) is 19.3 Å². The Hall–Kier alpha value is -4.31.